The predicted molar refractivity (Wildman–Crippen MR) is 105 cm³/mol. The summed E-state index contributed by atoms with van der Waals surface area (Å²) in [6, 6.07) is 10.1. The summed E-state index contributed by atoms with van der Waals surface area (Å²) >= 11 is 0. The average molecular weight is 391 g/mol. The highest BCUT2D eigenvalue weighted by atomic mass is 32.2. The van der Waals surface area contributed by atoms with Gasteiger partial charge in [0.25, 0.3) is 0 Å². The van der Waals surface area contributed by atoms with E-state index in [-0.39, 0.29) is 16.8 Å². The third-order valence-corrected chi connectivity index (χ3v) is 5.53. The number of hydrogen-bond donors (Lipinski definition) is 1. The van der Waals surface area contributed by atoms with Crippen LogP contribution in [-0.4, -0.2) is 31.8 Å². The standard InChI is InChI=1S/C20H26N2O4S/c1-5-21-27(24,25)19-11-7-17(8-12-19)9-13-20(23)22(15(2)3)14-18-10-6-16(4)26-18/h6-13,15,21H,5,14H2,1-4H3/b13-9+. The molecule has 27 heavy (non-hydrogen) atoms. The van der Waals surface area contributed by atoms with E-state index in [1.165, 1.54) is 18.2 Å². The van der Waals surface area contributed by atoms with Crippen LogP contribution in [0.15, 0.2) is 51.8 Å². The number of carbonyl (C=O) groups excluding carboxylic acids is 1. The van der Waals surface area contributed by atoms with Gasteiger partial charge in [-0.15, -0.1) is 0 Å². The summed E-state index contributed by atoms with van der Waals surface area (Å²) in [5, 5.41) is 0. The van der Waals surface area contributed by atoms with Crippen molar-refractivity contribution in [2.75, 3.05) is 6.54 Å². The molecule has 6 nitrogen and oxygen atoms in total. The van der Waals surface area contributed by atoms with Crippen LogP contribution in [0.1, 0.15) is 37.9 Å². The van der Waals surface area contributed by atoms with Crippen molar-refractivity contribution in [2.45, 2.75) is 45.2 Å². The topological polar surface area (TPSA) is 79.6 Å². The molecular formula is C20H26N2O4S. The lowest BCUT2D eigenvalue weighted by atomic mass is 10.2. The highest BCUT2D eigenvalue weighted by Crippen LogP contribution is 2.14. The van der Waals surface area contributed by atoms with Crippen molar-refractivity contribution in [3.63, 3.8) is 0 Å². The maximum Gasteiger partial charge on any atom is 0.247 e. The monoisotopic (exact) mass is 390 g/mol. The van der Waals surface area contributed by atoms with Crippen LogP contribution >= 0.6 is 0 Å². The maximum atomic E-state index is 12.6. The molecule has 0 unspecified atom stereocenters. The molecule has 2 rings (SSSR count). The second-order valence-electron chi connectivity index (χ2n) is 6.48. The smallest absolute Gasteiger partial charge is 0.247 e. The minimum Gasteiger partial charge on any atom is -0.464 e. The van der Waals surface area contributed by atoms with Gasteiger partial charge in [0.2, 0.25) is 15.9 Å². The third kappa shape index (κ3) is 5.80. The summed E-state index contributed by atoms with van der Waals surface area (Å²) in [6.45, 7) is 8.22. The molecule has 0 aliphatic rings. The van der Waals surface area contributed by atoms with Crippen molar-refractivity contribution in [1.29, 1.82) is 0 Å². The first-order chi connectivity index (χ1) is 12.7. The zero-order chi connectivity index (χ0) is 20.0. The van der Waals surface area contributed by atoms with E-state index in [1.807, 2.05) is 32.9 Å². The predicted octanol–water partition coefficient (Wildman–Crippen LogP) is 3.34. The Balaban J connectivity index is 2.09. The minimum absolute atomic E-state index is 0.0141. The zero-order valence-electron chi connectivity index (χ0n) is 16.1. The van der Waals surface area contributed by atoms with Gasteiger partial charge >= 0.3 is 0 Å². The largest absolute Gasteiger partial charge is 0.464 e. The summed E-state index contributed by atoms with van der Waals surface area (Å²) in [4.78, 5) is 14.5. The number of nitrogens with zero attached hydrogens (tertiary/aromatic N) is 1. The SMILES string of the molecule is CCNS(=O)(=O)c1ccc(/C=C/C(=O)N(Cc2ccc(C)o2)C(C)C)cc1. The van der Waals surface area contributed by atoms with E-state index in [2.05, 4.69) is 4.72 Å². The number of amides is 1. The van der Waals surface area contributed by atoms with Gasteiger partial charge in [-0.05, 0) is 56.7 Å². The first kappa shape index (κ1) is 20.9. The molecule has 2 aromatic rings. The van der Waals surface area contributed by atoms with Gasteiger partial charge in [-0.25, -0.2) is 13.1 Å². The Morgan fingerprint density at radius 1 is 1.19 bits per heavy atom. The van der Waals surface area contributed by atoms with Gasteiger partial charge in [-0.3, -0.25) is 4.79 Å². The molecular weight excluding hydrogens is 364 g/mol. The Hall–Kier alpha value is -2.38. The maximum absolute atomic E-state index is 12.6. The molecule has 1 aromatic carbocycles. The molecule has 0 aliphatic carbocycles. The summed E-state index contributed by atoms with van der Waals surface area (Å²) < 4.78 is 31.9. The highest BCUT2D eigenvalue weighted by molar-refractivity contribution is 7.89. The lowest BCUT2D eigenvalue weighted by Crippen LogP contribution is -2.35. The molecule has 0 radical (unpaired) electrons. The Morgan fingerprint density at radius 2 is 1.85 bits per heavy atom. The first-order valence-corrected chi connectivity index (χ1v) is 10.3. The van der Waals surface area contributed by atoms with Crippen molar-refractivity contribution in [3.05, 3.63) is 59.6 Å². The van der Waals surface area contributed by atoms with E-state index in [4.69, 9.17) is 4.42 Å². The molecule has 0 aliphatic heterocycles. The van der Waals surface area contributed by atoms with E-state index in [0.717, 1.165) is 17.1 Å². The van der Waals surface area contributed by atoms with Crippen LogP contribution in [0.25, 0.3) is 6.08 Å². The van der Waals surface area contributed by atoms with E-state index in [9.17, 15) is 13.2 Å². The van der Waals surface area contributed by atoms with Gasteiger partial charge < -0.3 is 9.32 Å². The van der Waals surface area contributed by atoms with Crippen molar-refractivity contribution >= 4 is 22.0 Å². The van der Waals surface area contributed by atoms with Crippen LogP contribution in [0.2, 0.25) is 0 Å². The van der Waals surface area contributed by atoms with Gasteiger partial charge in [0, 0.05) is 18.7 Å². The average Bonchev–Trinajstić information content (AvgIpc) is 3.03. The Labute approximate surface area is 160 Å². The Morgan fingerprint density at radius 3 is 2.37 bits per heavy atom. The number of aryl methyl sites for hydroxylation is 1. The van der Waals surface area contributed by atoms with Crippen LogP contribution in [0.3, 0.4) is 0 Å². The van der Waals surface area contributed by atoms with Gasteiger partial charge in [0.1, 0.15) is 11.5 Å². The lowest BCUT2D eigenvalue weighted by molar-refractivity contribution is -0.128. The normalized spacial score (nSPS) is 12.0. The van der Waals surface area contributed by atoms with Crippen LogP contribution in [0.4, 0.5) is 0 Å². The second-order valence-corrected chi connectivity index (χ2v) is 8.24. The summed E-state index contributed by atoms with van der Waals surface area (Å²) in [5.41, 5.74) is 0.747. The molecule has 1 N–H and O–H groups in total. The summed E-state index contributed by atoms with van der Waals surface area (Å²) in [5.74, 6) is 1.41. The molecule has 0 atom stereocenters. The fraction of sp³-hybridized carbons (Fsp3) is 0.350. The Bertz CT molecular complexity index is 896. The van der Waals surface area contributed by atoms with E-state index in [0.29, 0.717) is 13.1 Å². The van der Waals surface area contributed by atoms with Crippen molar-refractivity contribution in [1.82, 2.24) is 9.62 Å². The molecule has 0 fully saturated rings. The quantitative estimate of drug-likeness (QED) is 0.701. The van der Waals surface area contributed by atoms with Gasteiger partial charge in [-0.1, -0.05) is 19.1 Å². The van der Waals surface area contributed by atoms with E-state index < -0.39 is 10.0 Å². The summed E-state index contributed by atoms with van der Waals surface area (Å²) in [7, 11) is -3.48. The summed E-state index contributed by atoms with van der Waals surface area (Å²) in [6.07, 6.45) is 3.17. The first-order valence-electron chi connectivity index (χ1n) is 8.86. The number of carbonyl (C=O) groups is 1. The fourth-order valence-corrected chi connectivity index (χ4v) is 3.59. The molecule has 1 amide bonds. The number of hydrogen-bond acceptors (Lipinski definition) is 4. The third-order valence-electron chi connectivity index (χ3n) is 3.97. The number of benzene rings is 1. The van der Waals surface area contributed by atoms with E-state index >= 15 is 0 Å². The molecule has 0 saturated carbocycles. The molecule has 0 bridgehead atoms. The van der Waals surface area contributed by atoms with Gasteiger partial charge in [-0.2, -0.15) is 0 Å². The molecule has 7 heteroatoms. The van der Waals surface area contributed by atoms with Crippen molar-refractivity contribution in [3.8, 4) is 0 Å². The van der Waals surface area contributed by atoms with Crippen molar-refractivity contribution < 1.29 is 17.6 Å². The zero-order valence-corrected chi connectivity index (χ0v) is 16.9. The fourth-order valence-electron chi connectivity index (χ4n) is 2.55. The molecule has 1 heterocycles. The Kier molecular flexibility index (Phi) is 6.98. The number of rotatable bonds is 8. The second kappa shape index (κ2) is 9.01. The van der Waals surface area contributed by atoms with Crippen LogP contribution < -0.4 is 4.72 Å². The molecule has 146 valence electrons. The van der Waals surface area contributed by atoms with Gasteiger partial charge in [0.05, 0.1) is 11.4 Å². The van der Waals surface area contributed by atoms with Gasteiger partial charge in [0.15, 0.2) is 0 Å². The molecule has 0 saturated heterocycles. The van der Waals surface area contributed by atoms with Crippen LogP contribution in [0, 0.1) is 6.92 Å². The molecule has 0 spiro atoms. The number of nitrogens with one attached hydrogen (secondary N) is 1. The van der Waals surface area contributed by atoms with Crippen LogP contribution in [0.5, 0.6) is 0 Å². The molecule has 1 aromatic heterocycles. The highest BCUT2D eigenvalue weighted by Gasteiger charge is 2.17. The van der Waals surface area contributed by atoms with Crippen LogP contribution in [-0.2, 0) is 21.4 Å². The number of sulfonamides is 1. The van der Waals surface area contributed by atoms with Crippen molar-refractivity contribution in [2.24, 2.45) is 0 Å². The van der Waals surface area contributed by atoms with E-state index in [1.54, 1.807) is 30.0 Å². The minimum atomic E-state index is -3.48. The number of furan rings is 1. The lowest BCUT2D eigenvalue weighted by Gasteiger charge is -2.24.